The van der Waals surface area contributed by atoms with E-state index in [-0.39, 0.29) is 0 Å². The van der Waals surface area contributed by atoms with Crippen molar-refractivity contribution in [3.8, 4) is 22.6 Å². The van der Waals surface area contributed by atoms with E-state index in [0.717, 1.165) is 32.1 Å². The van der Waals surface area contributed by atoms with Gasteiger partial charge in [0.1, 0.15) is 17.2 Å². The molecule has 0 bridgehead atoms. The second-order valence-electron chi connectivity index (χ2n) is 8.74. The fourth-order valence-corrected chi connectivity index (χ4v) is 4.63. The van der Waals surface area contributed by atoms with E-state index in [1.54, 1.807) is 49.6 Å². The van der Waals surface area contributed by atoms with Crippen LogP contribution in [0.2, 0.25) is 0 Å². The quantitative estimate of drug-likeness (QED) is 0.0946. The van der Waals surface area contributed by atoms with Crippen molar-refractivity contribution >= 4 is 44.9 Å². The van der Waals surface area contributed by atoms with Crippen molar-refractivity contribution < 1.29 is 19.1 Å². The summed E-state index contributed by atoms with van der Waals surface area (Å²) in [4.78, 5) is 29.3. The summed E-state index contributed by atoms with van der Waals surface area (Å²) in [7, 11) is 1.56. The molecule has 4 aromatic carbocycles. The molecule has 0 saturated carbocycles. The minimum atomic E-state index is -0.528. The molecule has 194 valence electrons. The third-order valence-corrected chi connectivity index (χ3v) is 6.69. The Morgan fingerprint density at radius 1 is 0.949 bits per heavy atom. The maximum Gasteiger partial charge on any atom is 0.343 e. The number of H-pyrrole nitrogens is 1. The molecule has 0 fully saturated rings. The van der Waals surface area contributed by atoms with Crippen molar-refractivity contribution in [1.29, 1.82) is 0 Å². The third kappa shape index (κ3) is 5.61. The van der Waals surface area contributed by atoms with Gasteiger partial charge in [0.05, 0.1) is 18.9 Å². The van der Waals surface area contributed by atoms with Crippen LogP contribution in [0.15, 0.2) is 101 Å². The molecule has 0 atom stereocenters. The average Bonchev–Trinajstić information content (AvgIpc) is 3.36. The monoisotopic (exact) mass is 581 g/mol. The normalized spacial score (nSPS) is 11.1. The van der Waals surface area contributed by atoms with E-state index < -0.39 is 11.9 Å². The van der Waals surface area contributed by atoms with E-state index in [1.165, 1.54) is 6.21 Å². The number of ether oxygens (including phenoxy) is 2. The molecule has 1 heterocycles. The summed E-state index contributed by atoms with van der Waals surface area (Å²) in [5, 5.41) is 5.13. The van der Waals surface area contributed by atoms with Crippen molar-refractivity contribution in [2.75, 3.05) is 7.11 Å². The van der Waals surface area contributed by atoms with Crippen LogP contribution in [0, 0.1) is 6.92 Å². The molecule has 0 saturated heterocycles. The number of nitrogens with one attached hydrogen (secondary N) is 2. The molecule has 2 N–H and O–H groups in total. The van der Waals surface area contributed by atoms with Gasteiger partial charge in [0.15, 0.2) is 0 Å². The predicted octanol–water partition coefficient (Wildman–Crippen LogP) is 6.90. The van der Waals surface area contributed by atoms with Gasteiger partial charge < -0.3 is 14.5 Å². The summed E-state index contributed by atoms with van der Waals surface area (Å²) in [6, 6.07) is 27.5. The number of nitrogens with zero attached hydrogens (tertiary/aromatic N) is 1. The Morgan fingerprint density at radius 2 is 1.72 bits per heavy atom. The summed E-state index contributed by atoms with van der Waals surface area (Å²) in [5.74, 6) is 0.00890. The van der Waals surface area contributed by atoms with Crippen molar-refractivity contribution in [2.45, 2.75) is 6.92 Å². The molecule has 0 aliphatic heterocycles. The van der Waals surface area contributed by atoms with Gasteiger partial charge in [0, 0.05) is 26.5 Å². The van der Waals surface area contributed by atoms with Crippen LogP contribution in [-0.4, -0.2) is 30.2 Å². The lowest BCUT2D eigenvalue weighted by molar-refractivity contribution is 0.0734. The molecular weight excluding hydrogens is 558 g/mol. The number of hydrogen-bond donors (Lipinski definition) is 2. The largest absolute Gasteiger partial charge is 0.497 e. The summed E-state index contributed by atoms with van der Waals surface area (Å²) in [5.41, 5.74) is 7.54. The number of amides is 1. The first-order valence-corrected chi connectivity index (χ1v) is 12.9. The van der Waals surface area contributed by atoms with Gasteiger partial charge in [-0.1, -0.05) is 64.5 Å². The molecule has 1 amide bonds. The SMILES string of the molecule is COc1ccc(C(=O)Oc2ccc(Br)cc2C=NNC(=O)c2[nH]c3c(C)cccc3c2-c2ccccc2)cc1. The van der Waals surface area contributed by atoms with E-state index in [2.05, 4.69) is 31.4 Å². The molecule has 39 heavy (non-hydrogen) atoms. The van der Waals surface area contributed by atoms with Gasteiger partial charge in [-0.2, -0.15) is 5.10 Å². The Labute approximate surface area is 233 Å². The van der Waals surface area contributed by atoms with Gasteiger partial charge in [-0.05, 0) is 60.5 Å². The zero-order valence-electron chi connectivity index (χ0n) is 21.2. The van der Waals surface area contributed by atoms with Crippen LogP contribution in [-0.2, 0) is 0 Å². The maximum atomic E-state index is 13.3. The second-order valence-corrected chi connectivity index (χ2v) is 9.65. The van der Waals surface area contributed by atoms with Crippen molar-refractivity contribution in [3.05, 3.63) is 118 Å². The minimum Gasteiger partial charge on any atom is -0.497 e. The van der Waals surface area contributed by atoms with E-state index in [9.17, 15) is 9.59 Å². The lowest BCUT2D eigenvalue weighted by Crippen LogP contribution is -2.19. The summed E-state index contributed by atoms with van der Waals surface area (Å²) < 4.78 is 11.5. The molecule has 0 spiro atoms. The number of carbonyl (C=O) groups excluding carboxylic acids is 2. The number of aromatic nitrogens is 1. The summed E-state index contributed by atoms with van der Waals surface area (Å²) in [6.45, 7) is 2.00. The smallest absolute Gasteiger partial charge is 0.343 e. The fourth-order valence-electron chi connectivity index (χ4n) is 4.25. The van der Waals surface area contributed by atoms with Crippen LogP contribution in [0.4, 0.5) is 0 Å². The standard InChI is InChI=1S/C31H24BrN3O4/c1-19-7-6-10-25-27(20-8-4-3-5-9-20)29(34-28(19)25)30(36)35-33-18-22-17-23(32)13-16-26(22)39-31(37)21-11-14-24(38-2)15-12-21/h3-18,34H,1-2H3,(H,35,36). The number of rotatable bonds is 7. The molecular formula is C31H24BrN3O4. The number of aryl methyl sites for hydroxylation is 1. The maximum absolute atomic E-state index is 13.3. The second kappa shape index (κ2) is 11.4. The number of halogens is 1. The summed E-state index contributed by atoms with van der Waals surface area (Å²) in [6.07, 6.45) is 1.44. The highest BCUT2D eigenvalue weighted by Crippen LogP contribution is 2.34. The van der Waals surface area contributed by atoms with Gasteiger partial charge >= 0.3 is 5.97 Å². The van der Waals surface area contributed by atoms with Crippen LogP contribution in [0.25, 0.3) is 22.0 Å². The molecule has 0 aliphatic rings. The van der Waals surface area contributed by atoms with E-state index in [1.807, 2.05) is 55.5 Å². The first-order chi connectivity index (χ1) is 18.9. The highest BCUT2D eigenvalue weighted by Gasteiger charge is 2.20. The van der Waals surface area contributed by atoms with Crippen molar-refractivity contribution in [1.82, 2.24) is 10.4 Å². The topological polar surface area (TPSA) is 92.8 Å². The first kappa shape index (κ1) is 25.9. The number of methoxy groups -OCH3 is 1. The fraction of sp³-hybridized carbons (Fsp3) is 0.0645. The Balaban J connectivity index is 1.40. The number of esters is 1. The lowest BCUT2D eigenvalue weighted by atomic mass is 10.0. The number of carbonyl (C=O) groups is 2. The predicted molar refractivity (Wildman–Crippen MR) is 156 cm³/mol. The van der Waals surface area contributed by atoms with E-state index >= 15 is 0 Å². The molecule has 0 unspecified atom stereocenters. The first-order valence-electron chi connectivity index (χ1n) is 12.1. The van der Waals surface area contributed by atoms with Gasteiger partial charge in [0.25, 0.3) is 5.91 Å². The van der Waals surface area contributed by atoms with Crippen LogP contribution >= 0.6 is 15.9 Å². The Bertz CT molecular complexity index is 1690. The van der Waals surface area contributed by atoms with Gasteiger partial charge in [0.2, 0.25) is 0 Å². The highest BCUT2D eigenvalue weighted by molar-refractivity contribution is 9.10. The Kier molecular flexibility index (Phi) is 7.56. The molecule has 0 aliphatic carbocycles. The van der Waals surface area contributed by atoms with Crippen molar-refractivity contribution in [2.24, 2.45) is 5.10 Å². The van der Waals surface area contributed by atoms with Gasteiger partial charge in [-0.15, -0.1) is 0 Å². The van der Waals surface area contributed by atoms with Crippen LogP contribution < -0.4 is 14.9 Å². The number of aromatic amines is 1. The lowest BCUT2D eigenvalue weighted by Gasteiger charge is -2.09. The van der Waals surface area contributed by atoms with Gasteiger partial charge in [-0.25, -0.2) is 10.2 Å². The van der Waals surface area contributed by atoms with Crippen LogP contribution in [0.1, 0.15) is 32.0 Å². The molecule has 7 nitrogen and oxygen atoms in total. The van der Waals surface area contributed by atoms with Gasteiger partial charge in [-0.3, -0.25) is 4.79 Å². The highest BCUT2D eigenvalue weighted by atomic mass is 79.9. The molecule has 5 rings (SSSR count). The Hall–Kier alpha value is -4.69. The Morgan fingerprint density at radius 3 is 2.46 bits per heavy atom. The number of para-hydroxylation sites is 1. The minimum absolute atomic E-state index is 0.295. The zero-order valence-corrected chi connectivity index (χ0v) is 22.8. The number of hydrogen-bond acceptors (Lipinski definition) is 5. The zero-order chi connectivity index (χ0) is 27.4. The van der Waals surface area contributed by atoms with Crippen LogP contribution in [0.3, 0.4) is 0 Å². The number of hydrazone groups is 1. The van der Waals surface area contributed by atoms with Crippen LogP contribution in [0.5, 0.6) is 11.5 Å². The number of benzene rings is 4. The molecule has 8 heteroatoms. The van der Waals surface area contributed by atoms with Crippen molar-refractivity contribution in [3.63, 3.8) is 0 Å². The third-order valence-electron chi connectivity index (χ3n) is 6.20. The van der Waals surface area contributed by atoms with E-state index in [4.69, 9.17) is 9.47 Å². The average molecular weight is 582 g/mol. The molecule has 5 aromatic rings. The number of fused-ring (bicyclic) bond motifs is 1. The molecule has 0 radical (unpaired) electrons. The summed E-state index contributed by atoms with van der Waals surface area (Å²) >= 11 is 3.43. The molecule has 1 aromatic heterocycles. The van der Waals surface area contributed by atoms with E-state index in [0.29, 0.717) is 28.3 Å².